The summed E-state index contributed by atoms with van der Waals surface area (Å²) in [5, 5.41) is 0. The molecule has 1 aromatic carbocycles. The summed E-state index contributed by atoms with van der Waals surface area (Å²) in [5.41, 5.74) is 1.41. The van der Waals surface area contributed by atoms with Crippen LogP contribution in [0.25, 0.3) is 0 Å². The van der Waals surface area contributed by atoms with Gasteiger partial charge in [0.2, 0.25) is 5.78 Å². The maximum atomic E-state index is 12.9. The third kappa shape index (κ3) is 5.69. The van der Waals surface area contributed by atoms with Crippen LogP contribution in [0.1, 0.15) is 45.4 Å². The minimum Gasteiger partial charge on any atom is -0.462 e. The molecule has 8 heteroatoms. The predicted octanol–water partition coefficient (Wildman–Crippen LogP) is 3.86. The van der Waals surface area contributed by atoms with Crippen LogP contribution in [0.15, 0.2) is 29.2 Å². The molecule has 0 aliphatic carbocycles. The van der Waals surface area contributed by atoms with E-state index in [0.29, 0.717) is 17.1 Å². The number of ether oxygens (including phenoxy) is 2. The van der Waals surface area contributed by atoms with E-state index in [0.717, 1.165) is 4.90 Å². The first-order valence-electron chi connectivity index (χ1n) is 8.77. The monoisotopic (exact) mass is 407 g/mol. The number of esters is 2. The third-order valence-corrected chi connectivity index (χ3v) is 4.90. The lowest BCUT2D eigenvalue weighted by atomic mass is 10.1. The van der Waals surface area contributed by atoms with Gasteiger partial charge in [-0.1, -0.05) is 0 Å². The maximum absolute atomic E-state index is 12.9. The lowest BCUT2D eigenvalue weighted by molar-refractivity contribution is -0.141. The van der Waals surface area contributed by atoms with Crippen LogP contribution in [0.2, 0.25) is 0 Å². The van der Waals surface area contributed by atoms with Crippen LogP contribution in [0, 0.1) is 19.7 Å². The number of aromatic nitrogens is 1. The number of thioether (sulfide) groups is 1. The summed E-state index contributed by atoms with van der Waals surface area (Å²) in [6.07, 6.45) is 0.102. The fourth-order valence-corrected chi connectivity index (χ4v) is 3.49. The van der Waals surface area contributed by atoms with E-state index in [-0.39, 0.29) is 30.0 Å². The number of rotatable bonds is 9. The van der Waals surface area contributed by atoms with Crippen LogP contribution >= 0.6 is 11.8 Å². The van der Waals surface area contributed by atoms with E-state index in [4.69, 9.17) is 9.47 Å². The number of carbonyl (C=O) groups excluding carboxylic acids is 3. The number of hydrogen-bond acceptors (Lipinski definition) is 6. The van der Waals surface area contributed by atoms with Gasteiger partial charge >= 0.3 is 11.9 Å². The average Bonchev–Trinajstić information content (AvgIpc) is 2.95. The Labute approximate surface area is 166 Å². The highest BCUT2D eigenvalue weighted by Gasteiger charge is 2.25. The second-order valence-electron chi connectivity index (χ2n) is 5.98. The second kappa shape index (κ2) is 10.1. The van der Waals surface area contributed by atoms with Crippen LogP contribution in [0.4, 0.5) is 4.39 Å². The normalized spacial score (nSPS) is 10.6. The maximum Gasteiger partial charge on any atom is 0.340 e. The number of nitrogens with one attached hydrogen (secondary N) is 1. The van der Waals surface area contributed by atoms with Crippen molar-refractivity contribution in [2.24, 2.45) is 0 Å². The zero-order chi connectivity index (χ0) is 20.7. The van der Waals surface area contributed by atoms with Crippen molar-refractivity contribution in [3.8, 4) is 0 Å². The zero-order valence-corrected chi connectivity index (χ0v) is 16.8. The number of halogens is 1. The van der Waals surface area contributed by atoms with E-state index in [2.05, 4.69) is 4.98 Å². The minimum absolute atomic E-state index is 0.102. The molecule has 0 amide bonds. The number of hydrogen-bond donors (Lipinski definition) is 1. The van der Waals surface area contributed by atoms with Crippen molar-refractivity contribution >= 4 is 29.5 Å². The molecule has 2 aromatic rings. The number of carbonyl (C=O) groups is 3. The Bertz CT molecular complexity index is 860. The van der Waals surface area contributed by atoms with Gasteiger partial charge in [0.25, 0.3) is 0 Å². The quantitative estimate of drug-likeness (QED) is 0.386. The fourth-order valence-electron chi connectivity index (χ4n) is 2.66. The van der Waals surface area contributed by atoms with E-state index in [1.807, 2.05) is 0 Å². The van der Waals surface area contributed by atoms with Gasteiger partial charge in [-0.3, -0.25) is 9.59 Å². The highest BCUT2D eigenvalue weighted by molar-refractivity contribution is 7.99. The molecule has 2 rings (SSSR count). The molecule has 0 aliphatic rings. The number of aromatic amines is 1. The topological polar surface area (TPSA) is 85.5 Å². The number of benzene rings is 1. The molecular formula is C20H22FNO5S. The molecule has 0 bridgehead atoms. The van der Waals surface area contributed by atoms with Crippen molar-refractivity contribution in [3.63, 3.8) is 0 Å². The van der Waals surface area contributed by atoms with Crippen LogP contribution in [-0.4, -0.2) is 41.7 Å². The van der Waals surface area contributed by atoms with Gasteiger partial charge in [0.15, 0.2) is 6.61 Å². The van der Waals surface area contributed by atoms with Gasteiger partial charge in [-0.15, -0.1) is 11.8 Å². The molecule has 0 atom stereocenters. The van der Waals surface area contributed by atoms with Crippen molar-refractivity contribution in [2.45, 2.75) is 32.1 Å². The number of ketones is 1. The van der Waals surface area contributed by atoms with Crippen molar-refractivity contribution in [2.75, 3.05) is 19.0 Å². The van der Waals surface area contributed by atoms with Crippen LogP contribution in [0.3, 0.4) is 0 Å². The fraction of sp³-hybridized carbons (Fsp3) is 0.350. The number of aryl methyl sites for hydroxylation is 2. The molecule has 1 aromatic heterocycles. The van der Waals surface area contributed by atoms with Gasteiger partial charge in [0.05, 0.1) is 24.2 Å². The first-order chi connectivity index (χ1) is 13.3. The standard InChI is InChI=1S/C20H22FNO5S/c1-4-26-20(25)19-13(3)22-12(2)18(19)16(23)11-27-17(24)9-10-28-15-7-5-14(21)6-8-15/h5-8,22H,4,9-11H2,1-3H3. The molecular weight excluding hydrogens is 385 g/mol. The minimum atomic E-state index is -0.588. The zero-order valence-electron chi connectivity index (χ0n) is 16.0. The summed E-state index contributed by atoms with van der Waals surface area (Å²) in [5.74, 6) is -1.46. The van der Waals surface area contributed by atoms with Gasteiger partial charge in [0, 0.05) is 22.0 Å². The van der Waals surface area contributed by atoms with Gasteiger partial charge in [-0.2, -0.15) is 0 Å². The SMILES string of the molecule is CCOC(=O)c1c(C)[nH]c(C)c1C(=O)COC(=O)CCSc1ccc(F)cc1. The molecule has 1 heterocycles. The first-order valence-corrected chi connectivity index (χ1v) is 9.75. The molecule has 28 heavy (non-hydrogen) atoms. The largest absolute Gasteiger partial charge is 0.462 e. The molecule has 0 unspecified atom stereocenters. The van der Waals surface area contributed by atoms with E-state index in [9.17, 15) is 18.8 Å². The summed E-state index contributed by atoms with van der Waals surface area (Å²) >= 11 is 1.39. The summed E-state index contributed by atoms with van der Waals surface area (Å²) in [6.45, 7) is 4.76. The highest BCUT2D eigenvalue weighted by Crippen LogP contribution is 2.21. The van der Waals surface area contributed by atoms with Crippen LogP contribution < -0.4 is 0 Å². The average molecular weight is 407 g/mol. The molecule has 6 nitrogen and oxygen atoms in total. The molecule has 150 valence electrons. The second-order valence-corrected chi connectivity index (χ2v) is 7.15. The molecule has 0 aliphatic heterocycles. The van der Waals surface area contributed by atoms with E-state index >= 15 is 0 Å². The van der Waals surface area contributed by atoms with E-state index in [1.165, 1.54) is 23.9 Å². The van der Waals surface area contributed by atoms with Crippen LogP contribution in [-0.2, 0) is 14.3 Å². The molecule has 0 saturated heterocycles. The summed E-state index contributed by atoms with van der Waals surface area (Å²) < 4.78 is 22.9. The lowest BCUT2D eigenvalue weighted by Gasteiger charge is -2.07. The van der Waals surface area contributed by atoms with Crippen molar-refractivity contribution in [1.29, 1.82) is 0 Å². The summed E-state index contributed by atoms with van der Waals surface area (Å²) in [4.78, 5) is 40.3. The van der Waals surface area contributed by atoms with Crippen molar-refractivity contribution in [3.05, 3.63) is 52.6 Å². The Morgan fingerprint density at radius 1 is 1.04 bits per heavy atom. The Hall–Kier alpha value is -2.61. The predicted molar refractivity (Wildman–Crippen MR) is 103 cm³/mol. The molecule has 0 fully saturated rings. The molecule has 1 N–H and O–H groups in total. The van der Waals surface area contributed by atoms with Crippen LogP contribution in [0.5, 0.6) is 0 Å². The first kappa shape index (κ1) is 21.7. The molecule has 0 saturated carbocycles. The summed E-state index contributed by atoms with van der Waals surface area (Å²) in [7, 11) is 0. The van der Waals surface area contributed by atoms with Crippen molar-refractivity contribution in [1.82, 2.24) is 4.98 Å². The smallest absolute Gasteiger partial charge is 0.340 e. The number of Topliss-reactive ketones (excluding diaryl/α,β-unsaturated/α-hetero) is 1. The molecule has 0 radical (unpaired) electrons. The van der Waals surface area contributed by atoms with Gasteiger partial charge in [-0.05, 0) is 45.0 Å². The Balaban J connectivity index is 1.88. The number of H-pyrrole nitrogens is 1. The highest BCUT2D eigenvalue weighted by atomic mass is 32.2. The van der Waals surface area contributed by atoms with Gasteiger partial charge in [-0.25, -0.2) is 9.18 Å². The third-order valence-electron chi connectivity index (χ3n) is 3.89. The van der Waals surface area contributed by atoms with E-state index in [1.54, 1.807) is 32.9 Å². The Morgan fingerprint density at radius 3 is 2.32 bits per heavy atom. The van der Waals surface area contributed by atoms with Crippen molar-refractivity contribution < 1.29 is 28.2 Å². The van der Waals surface area contributed by atoms with Gasteiger partial charge in [0.1, 0.15) is 5.82 Å². The Kier molecular flexibility index (Phi) is 7.80. The molecule has 0 spiro atoms. The van der Waals surface area contributed by atoms with Gasteiger partial charge < -0.3 is 14.5 Å². The van der Waals surface area contributed by atoms with E-state index < -0.39 is 24.3 Å². The lowest BCUT2D eigenvalue weighted by Crippen LogP contribution is -2.18. The Morgan fingerprint density at radius 2 is 1.68 bits per heavy atom. The summed E-state index contributed by atoms with van der Waals surface area (Å²) in [6, 6.07) is 5.95.